The van der Waals surface area contributed by atoms with Crippen LogP contribution in [0.15, 0.2) is 12.2 Å². The van der Waals surface area contributed by atoms with E-state index in [9.17, 15) is 9.59 Å². The minimum Gasteiger partial charge on any atom is -0.463 e. The van der Waals surface area contributed by atoms with Gasteiger partial charge in [-0.1, -0.05) is 32.6 Å². The van der Waals surface area contributed by atoms with Crippen molar-refractivity contribution in [3.05, 3.63) is 12.2 Å². The van der Waals surface area contributed by atoms with Crippen LogP contribution >= 0.6 is 0 Å². The van der Waals surface area contributed by atoms with Crippen LogP contribution in [0.4, 0.5) is 0 Å². The maximum Gasteiger partial charge on any atom is 0.331 e. The maximum absolute atomic E-state index is 11.2. The van der Waals surface area contributed by atoms with E-state index in [1.54, 1.807) is 13.8 Å². The first kappa shape index (κ1) is 16.7. The second kappa shape index (κ2) is 10.8. The molecular weight excluding hydrogens is 232 g/mol. The van der Waals surface area contributed by atoms with Crippen LogP contribution in [0.25, 0.3) is 0 Å². The Labute approximate surface area is 109 Å². The first-order chi connectivity index (χ1) is 8.56. The molecule has 4 heteroatoms. The van der Waals surface area contributed by atoms with Gasteiger partial charge in [-0.2, -0.15) is 0 Å². The first-order valence-corrected chi connectivity index (χ1v) is 6.61. The van der Waals surface area contributed by atoms with Crippen molar-refractivity contribution in [1.82, 2.24) is 0 Å². The van der Waals surface area contributed by atoms with Gasteiger partial charge in [0, 0.05) is 12.2 Å². The summed E-state index contributed by atoms with van der Waals surface area (Å²) in [5.41, 5.74) is 0. The Balaban J connectivity index is 3.58. The van der Waals surface area contributed by atoms with Crippen molar-refractivity contribution in [2.75, 3.05) is 6.61 Å². The fourth-order valence-corrected chi connectivity index (χ4v) is 1.33. The highest BCUT2D eigenvalue weighted by Gasteiger charge is 2.02. The van der Waals surface area contributed by atoms with Gasteiger partial charge in [-0.3, -0.25) is 0 Å². The third-order valence-electron chi connectivity index (χ3n) is 2.20. The number of ether oxygens (including phenoxy) is 2. The van der Waals surface area contributed by atoms with Gasteiger partial charge in [-0.15, -0.1) is 0 Å². The molecule has 0 aromatic heterocycles. The molecule has 0 bridgehead atoms. The lowest BCUT2D eigenvalue weighted by molar-refractivity contribution is -0.142. The molecule has 0 N–H and O–H groups in total. The lowest BCUT2D eigenvalue weighted by Crippen LogP contribution is -2.09. The Hall–Kier alpha value is -1.32. The number of unbranched alkanes of at least 4 members (excludes halogenated alkanes) is 4. The van der Waals surface area contributed by atoms with Gasteiger partial charge in [0.05, 0.1) is 12.7 Å². The van der Waals surface area contributed by atoms with E-state index in [4.69, 9.17) is 9.47 Å². The zero-order valence-electron chi connectivity index (χ0n) is 11.6. The molecule has 0 atom stereocenters. The Kier molecular flexibility index (Phi) is 10.0. The summed E-state index contributed by atoms with van der Waals surface area (Å²) in [6.45, 7) is 6.06. The van der Waals surface area contributed by atoms with Crippen molar-refractivity contribution in [3.63, 3.8) is 0 Å². The van der Waals surface area contributed by atoms with Gasteiger partial charge in [0.2, 0.25) is 0 Å². The lowest BCUT2D eigenvalue weighted by Gasteiger charge is -2.04. The lowest BCUT2D eigenvalue weighted by atomic mass is 10.2. The van der Waals surface area contributed by atoms with Crippen LogP contribution in [0.1, 0.15) is 52.9 Å². The molecule has 104 valence electrons. The van der Waals surface area contributed by atoms with Gasteiger partial charge >= 0.3 is 11.9 Å². The quantitative estimate of drug-likeness (QED) is 0.361. The number of carbonyl (C=O) groups excluding carboxylic acids is 2. The van der Waals surface area contributed by atoms with Crippen LogP contribution in [0.3, 0.4) is 0 Å². The van der Waals surface area contributed by atoms with E-state index < -0.39 is 11.9 Å². The maximum atomic E-state index is 11.2. The van der Waals surface area contributed by atoms with E-state index in [1.807, 2.05) is 0 Å². The molecule has 0 aliphatic rings. The van der Waals surface area contributed by atoms with E-state index >= 15 is 0 Å². The zero-order chi connectivity index (χ0) is 13.8. The minimum absolute atomic E-state index is 0.184. The predicted molar refractivity (Wildman–Crippen MR) is 70.1 cm³/mol. The Morgan fingerprint density at radius 2 is 1.61 bits per heavy atom. The molecule has 0 saturated heterocycles. The average molecular weight is 256 g/mol. The highest BCUT2D eigenvalue weighted by Crippen LogP contribution is 2.02. The fraction of sp³-hybridized carbons (Fsp3) is 0.714. The smallest absolute Gasteiger partial charge is 0.331 e. The van der Waals surface area contributed by atoms with Gasteiger partial charge < -0.3 is 9.47 Å². The Morgan fingerprint density at radius 3 is 2.22 bits per heavy atom. The van der Waals surface area contributed by atoms with Crippen molar-refractivity contribution in [3.8, 4) is 0 Å². The normalized spacial score (nSPS) is 10.9. The van der Waals surface area contributed by atoms with Gasteiger partial charge in [-0.05, 0) is 20.3 Å². The third-order valence-corrected chi connectivity index (χ3v) is 2.20. The molecule has 0 aliphatic heterocycles. The van der Waals surface area contributed by atoms with E-state index in [0.717, 1.165) is 25.0 Å². The summed E-state index contributed by atoms with van der Waals surface area (Å²) in [5, 5.41) is 0. The van der Waals surface area contributed by atoms with Crippen molar-refractivity contribution in [1.29, 1.82) is 0 Å². The van der Waals surface area contributed by atoms with Gasteiger partial charge in [0.1, 0.15) is 0 Å². The Bertz CT molecular complexity index is 269. The molecule has 0 rings (SSSR count). The standard InChI is InChI=1S/C14H24O4/c1-4-5-6-7-8-11-17-13(15)9-10-14(16)18-12(2)3/h9-10,12H,4-8,11H2,1-3H3/b10-9+. The molecule has 0 spiro atoms. The summed E-state index contributed by atoms with van der Waals surface area (Å²) in [6, 6.07) is 0. The van der Waals surface area contributed by atoms with E-state index in [-0.39, 0.29) is 6.10 Å². The molecule has 0 saturated carbocycles. The van der Waals surface area contributed by atoms with Gasteiger partial charge in [0.25, 0.3) is 0 Å². The molecule has 0 aliphatic carbocycles. The molecule has 0 amide bonds. The van der Waals surface area contributed by atoms with E-state index in [2.05, 4.69) is 6.92 Å². The van der Waals surface area contributed by atoms with Crippen LogP contribution in [-0.2, 0) is 19.1 Å². The summed E-state index contributed by atoms with van der Waals surface area (Å²) in [4.78, 5) is 22.3. The molecule has 0 radical (unpaired) electrons. The predicted octanol–water partition coefficient (Wildman–Crippen LogP) is 3.01. The fourth-order valence-electron chi connectivity index (χ4n) is 1.33. The van der Waals surface area contributed by atoms with Crippen molar-refractivity contribution < 1.29 is 19.1 Å². The summed E-state index contributed by atoms with van der Waals surface area (Å²) in [6.07, 6.45) is 7.54. The number of rotatable bonds is 9. The number of esters is 2. The van der Waals surface area contributed by atoms with E-state index in [1.165, 1.54) is 19.3 Å². The van der Waals surface area contributed by atoms with Crippen molar-refractivity contribution in [2.24, 2.45) is 0 Å². The van der Waals surface area contributed by atoms with Crippen molar-refractivity contribution >= 4 is 11.9 Å². The second-order valence-electron chi connectivity index (χ2n) is 4.40. The van der Waals surface area contributed by atoms with Crippen LogP contribution in [0.5, 0.6) is 0 Å². The highest BCUT2D eigenvalue weighted by molar-refractivity contribution is 5.91. The topological polar surface area (TPSA) is 52.6 Å². The highest BCUT2D eigenvalue weighted by atomic mass is 16.5. The van der Waals surface area contributed by atoms with Crippen LogP contribution in [0, 0.1) is 0 Å². The van der Waals surface area contributed by atoms with Gasteiger partial charge in [0.15, 0.2) is 0 Å². The molecule has 4 nitrogen and oxygen atoms in total. The minimum atomic E-state index is -0.523. The molecular formula is C14H24O4. The van der Waals surface area contributed by atoms with Gasteiger partial charge in [-0.25, -0.2) is 9.59 Å². The molecule has 0 aromatic rings. The van der Waals surface area contributed by atoms with E-state index in [0.29, 0.717) is 6.61 Å². The summed E-state index contributed by atoms with van der Waals surface area (Å²) in [7, 11) is 0. The summed E-state index contributed by atoms with van der Waals surface area (Å²) in [5.74, 6) is -1.02. The summed E-state index contributed by atoms with van der Waals surface area (Å²) >= 11 is 0. The third kappa shape index (κ3) is 11.2. The van der Waals surface area contributed by atoms with Crippen LogP contribution in [-0.4, -0.2) is 24.6 Å². The second-order valence-corrected chi connectivity index (χ2v) is 4.40. The number of hydrogen-bond acceptors (Lipinski definition) is 4. The number of carbonyl (C=O) groups is 2. The SMILES string of the molecule is CCCCCCCOC(=O)/C=C/C(=O)OC(C)C. The molecule has 0 unspecified atom stereocenters. The zero-order valence-corrected chi connectivity index (χ0v) is 11.6. The summed E-state index contributed by atoms with van der Waals surface area (Å²) < 4.78 is 9.78. The first-order valence-electron chi connectivity index (χ1n) is 6.61. The van der Waals surface area contributed by atoms with Crippen molar-refractivity contribution in [2.45, 2.75) is 59.0 Å². The monoisotopic (exact) mass is 256 g/mol. The molecule has 18 heavy (non-hydrogen) atoms. The molecule has 0 aromatic carbocycles. The molecule has 0 heterocycles. The average Bonchev–Trinajstić information content (AvgIpc) is 2.30. The van der Waals surface area contributed by atoms with Crippen LogP contribution in [0.2, 0.25) is 0 Å². The number of hydrogen-bond donors (Lipinski definition) is 0. The Morgan fingerprint density at radius 1 is 1.00 bits per heavy atom. The molecule has 0 fully saturated rings. The van der Waals surface area contributed by atoms with Crippen LogP contribution < -0.4 is 0 Å². The largest absolute Gasteiger partial charge is 0.463 e.